The van der Waals surface area contributed by atoms with E-state index in [9.17, 15) is 15.0 Å². The number of hydrogen-bond acceptors (Lipinski definition) is 6. The van der Waals surface area contributed by atoms with Crippen molar-refractivity contribution in [3.8, 4) is 11.6 Å². The van der Waals surface area contributed by atoms with E-state index in [4.69, 9.17) is 0 Å². The van der Waals surface area contributed by atoms with E-state index in [1.807, 2.05) is 22.1 Å². The van der Waals surface area contributed by atoms with Gasteiger partial charge in [0.1, 0.15) is 5.75 Å². The Morgan fingerprint density at radius 2 is 1.93 bits per heavy atom. The molecule has 146 valence electrons. The highest BCUT2D eigenvalue weighted by atomic mass is 32.2. The summed E-state index contributed by atoms with van der Waals surface area (Å²) in [5.74, 6) is 0.658. The van der Waals surface area contributed by atoms with Crippen molar-refractivity contribution in [2.75, 3.05) is 11.1 Å². The molecule has 0 radical (unpaired) electrons. The largest absolute Gasteiger partial charge is 0.508 e. The van der Waals surface area contributed by atoms with Gasteiger partial charge < -0.3 is 20.1 Å². The van der Waals surface area contributed by atoms with Gasteiger partial charge >= 0.3 is 0 Å². The first-order valence-corrected chi connectivity index (χ1v) is 11.0. The minimum atomic E-state index is -0.110. The number of fused-ring (bicyclic) bond motifs is 1. The molecule has 28 heavy (non-hydrogen) atoms. The van der Waals surface area contributed by atoms with E-state index < -0.39 is 0 Å². The molecule has 1 amide bonds. The quantitative estimate of drug-likeness (QED) is 0.530. The van der Waals surface area contributed by atoms with E-state index in [1.54, 1.807) is 18.3 Å². The molecule has 1 aromatic carbocycles. The number of amides is 1. The third-order valence-corrected chi connectivity index (χ3v) is 6.63. The van der Waals surface area contributed by atoms with Crippen molar-refractivity contribution in [3.63, 3.8) is 0 Å². The van der Waals surface area contributed by atoms with Crippen molar-refractivity contribution >= 4 is 34.1 Å². The number of aromatic nitrogens is 2. The Morgan fingerprint density at radius 3 is 2.64 bits per heavy atom. The minimum Gasteiger partial charge on any atom is -0.508 e. The van der Waals surface area contributed by atoms with Crippen LogP contribution < -0.4 is 5.32 Å². The molecule has 0 fully saturated rings. The molecule has 0 saturated heterocycles. The van der Waals surface area contributed by atoms with Gasteiger partial charge in [-0.05, 0) is 48.9 Å². The first-order valence-electron chi connectivity index (χ1n) is 9.15. The Hall–Kier alpha value is -2.45. The number of benzene rings is 1. The van der Waals surface area contributed by atoms with Gasteiger partial charge in [0.05, 0.1) is 17.3 Å². The number of nitrogens with one attached hydrogen (secondary N) is 1. The molecular formula is C20H21N3O3S2. The number of carbonyl (C=O) groups is 1. The lowest BCUT2D eigenvalue weighted by Gasteiger charge is -2.13. The molecule has 8 heteroatoms. The Kier molecular flexibility index (Phi) is 5.59. The van der Waals surface area contributed by atoms with Crippen LogP contribution in [0.5, 0.6) is 11.6 Å². The van der Waals surface area contributed by atoms with E-state index in [1.165, 1.54) is 23.1 Å². The SMILES string of the molecule is O=C(CSc1c2c(c(O)n1Cc1ccc(O)cc1)CCCC2)Nc1nccs1. The Labute approximate surface area is 171 Å². The molecule has 0 bridgehead atoms. The summed E-state index contributed by atoms with van der Waals surface area (Å²) in [5.41, 5.74) is 3.15. The van der Waals surface area contributed by atoms with Gasteiger partial charge in [0.2, 0.25) is 5.91 Å². The van der Waals surface area contributed by atoms with Gasteiger partial charge in [0.25, 0.3) is 0 Å². The van der Waals surface area contributed by atoms with Crippen LogP contribution in [0.25, 0.3) is 0 Å². The highest BCUT2D eigenvalue weighted by molar-refractivity contribution is 8.00. The van der Waals surface area contributed by atoms with E-state index in [2.05, 4.69) is 10.3 Å². The van der Waals surface area contributed by atoms with Gasteiger partial charge in [-0.2, -0.15) is 0 Å². The molecule has 0 aliphatic heterocycles. The van der Waals surface area contributed by atoms with Gasteiger partial charge in [-0.15, -0.1) is 11.3 Å². The second-order valence-corrected chi connectivity index (χ2v) is 8.58. The van der Waals surface area contributed by atoms with Crippen LogP contribution in [0.2, 0.25) is 0 Å². The first kappa shape index (κ1) is 18.9. The lowest BCUT2D eigenvalue weighted by Crippen LogP contribution is -2.14. The molecule has 3 N–H and O–H groups in total. The topological polar surface area (TPSA) is 87.4 Å². The summed E-state index contributed by atoms with van der Waals surface area (Å²) in [6, 6.07) is 6.98. The number of carbonyl (C=O) groups excluding carboxylic acids is 1. The van der Waals surface area contributed by atoms with E-state index in [0.29, 0.717) is 17.6 Å². The van der Waals surface area contributed by atoms with Crippen molar-refractivity contribution in [2.24, 2.45) is 0 Å². The summed E-state index contributed by atoms with van der Waals surface area (Å²) in [6.07, 6.45) is 5.60. The van der Waals surface area contributed by atoms with E-state index in [0.717, 1.165) is 47.4 Å². The predicted octanol–water partition coefficient (Wildman–Crippen LogP) is 4.01. The summed E-state index contributed by atoms with van der Waals surface area (Å²) in [7, 11) is 0. The lowest BCUT2D eigenvalue weighted by molar-refractivity contribution is -0.113. The van der Waals surface area contributed by atoms with Crippen LogP contribution in [-0.2, 0) is 24.2 Å². The molecule has 2 heterocycles. The fourth-order valence-corrected chi connectivity index (χ4v) is 5.07. The van der Waals surface area contributed by atoms with Gasteiger partial charge in [-0.1, -0.05) is 23.9 Å². The zero-order valence-corrected chi connectivity index (χ0v) is 16.9. The first-order chi connectivity index (χ1) is 13.6. The minimum absolute atomic E-state index is 0.110. The average molecular weight is 416 g/mol. The zero-order valence-electron chi connectivity index (χ0n) is 15.2. The van der Waals surface area contributed by atoms with Crippen molar-refractivity contribution in [3.05, 3.63) is 52.5 Å². The second-order valence-electron chi connectivity index (χ2n) is 6.72. The maximum atomic E-state index is 12.3. The highest BCUT2D eigenvalue weighted by Crippen LogP contribution is 2.40. The molecule has 0 unspecified atom stereocenters. The number of phenols is 1. The van der Waals surface area contributed by atoms with Gasteiger partial charge in [-0.25, -0.2) is 4.98 Å². The Morgan fingerprint density at radius 1 is 1.18 bits per heavy atom. The van der Waals surface area contributed by atoms with Crippen LogP contribution in [0.3, 0.4) is 0 Å². The highest BCUT2D eigenvalue weighted by Gasteiger charge is 2.25. The second kappa shape index (κ2) is 8.28. The third kappa shape index (κ3) is 4.02. The van der Waals surface area contributed by atoms with Gasteiger partial charge in [-0.3, -0.25) is 4.79 Å². The molecular weight excluding hydrogens is 394 g/mol. The lowest BCUT2D eigenvalue weighted by atomic mass is 9.95. The third-order valence-electron chi connectivity index (χ3n) is 4.79. The van der Waals surface area contributed by atoms with Crippen LogP contribution >= 0.6 is 23.1 Å². The summed E-state index contributed by atoms with van der Waals surface area (Å²) >= 11 is 2.84. The molecule has 0 spiro atoms. The number of thioether (sulfide) groups is 1. The van der Waals surface area contributed by atoms with Crippen molar-refractivity contribution in [2.45, 2.75) is 37.3 Å². The van der Waals surface area contributed by atoms with Crippen LogP contribution in [0.1, 0.15) is 29.5 Å². The van der Waals surface area contributed by atoms with Crippen LogP contribution in [0.4, 0.5) is 5.13 Å². The van der Waals surface area contributed by atoms with Crippen molar-refractivity contribution in [1.82, 2.24) is 9.55 Å². The molecule has 0 saturated carbocycles. The standard InChI is InChI=1S/C20H21N3O3S2/c24-14-7-5-13(6-8-14)11-23-18(26)15-3-1-2-4-16(15)19(23)28-12-17(25)22-20-21-9-10-27-20/h5-10,24,26H,1-4,11-12H2,(H,21,22,25). The van der Waals surface area contributed by atoms with Crippen LogP contribution in [0, 0.1) is 0 Å². The van der Waals surface area contributed by atoms with E-state index >= 15 is 0 Å². The van der Waals surface area contributed by atoms with Crippen LogP contribution in [0.15, 0.2) is 40.9 Å². The molecule has 6 nitrogen and oxygen atoms in total. The van der Waals surface area contributed by atoms with Crippen molar-refractivity contribution in [1.29, 1.82) is 0 Å². The molecule has 0 atom stereocenters. The number of hydrogen-bond donors (Lipinski definition) is 3. The number of phenolic OH excluding ortho intramolecular Hbond substituents is 1. The number of nitrogens with zero attached hydrogens (tertiary/aromatic N) is 2. The maximum absolute atomic E-state index is 12.3. The molecule has 1 aliphatic carbocycles. The average Bonchev–Trinajstić information content (AvgIpc) is 3.29. The molecule has 1 aliphatic rings. The normalized spacial score (nSPS) is 13.3. The predicted molar refractivity (Wildman–Crippen MR) is 111 cm³/mol. The molecule has 4 rings (SSSR count). The molecule has 2 aromatic heterocycles. The summed E-state index contributed by atoms with van der Waals surface area (Å²) in [6.45, 7) is 0.496. The maximum Gasteiger partial charge on any atom is 0.236 e. The van der Waals surface area contributed by atoms with Crippen LogP contribution in [-0.4, -0.2) is 31.4 Å². The number of aromatic hydroxyl groups is 2. The Balaban J connectivity index is 1.57. The van der Waals surface area contributed by atoms with Crippen molar-refractivity contribution < 1.29 is 15.0 Å². The summed E-state index contributed by atoms with van der Waals surface area (Å²) in [5, 5.41) is 26.5. The Bertz CT molecular complexity index is 966. The monoisotopic (exact) mass is 415 g/mol. The number of anilines is 1. The van der Waals surface area contributed by atoms with Gasteiger partial charge in [0, 0.05) is 17.1 Å². The summed E-state index contributed by atoms with van der Waals surface area (Å²) in [4.78, 5) is 16.4. The van der Waals surface area contributed by atoms with E-state index in [-0.39, 0.29) is 17.4 Å². The number of thiazole rings is 1. The van der Waals surface area contributed by atoms with Gasteiger partial charge in [0.15, 0.2) is 11.0 Å². The fraction of sp³-hybridized carbons (Fsp3) is 0.300. The fourth-order valence-electron chi connectivity index (χ4n) is 3.48. The summed E-state index contributed by atoms with van der Waals surface area (Å²) < 4.78 is 1.89. The zero-order chi connectivity index (χ0) is 19.5. The smallest absolute Gasteiger partial charge is 0.236 e. The molecule has 3 aromatic rings. The number of rotatable bonds is 6.